The van der Waals surface area contributed by atoms with Gasteiger partial charge in [0, 0.05) is 12.5 Å². The Morgan fingerprint density at radius 1 is 1.18 bits per heavy atom. The third-order valence-corrected chi connectivity index (χ3v) is 5.68. The molecule has 0 spiro atoms. The van der Waals surface area contributed by atoms with Crippen LogP contribution in [0, 0.1) is 24.7 Å². The predicted molar refractivity (Wildman–Crippen MR) is 129 cm³/mol. The normalized spacial score (nSPS) is 12.9. The van der Waals surface area contributed by atoms with Gasteiger partial charge in [0.05, 0.1) is 30.2 Å². The van der Waals surface area contributed by atoms with Crippen molar-refractivity contribution in [2.24, 2.45) is 5.92 Å². The lowest BCUT2D eigenvalue weighted by atomic mass is 9.94. The predicted octanol–water partition coefficient (Wildman–Crippen LogP) is 5.77. The van der Waals surface area contributed by atoms with Gasteiger partial charge in [-0.1, -0.05) is 44.0 Å². The van der Waals surface area contributed by atoms with Crippen LogP contribution in [0.5, 0.6) is 5.75 Å². The maximum Gasteiger partial charge on any atom is 0.304 e. The van der Waals surface area contributed by atoms with Crippen LogP contribution >= 0.6 is 0 Å². The Kier molecular flexibility index (Phi) is 8.13. The van der Waals surface area contributed by atoms with Crippen LogP contribution in [-0.4, -0.2) is 28.4 Å². The molecule has 6 heteroatoms. The number of carboxylic acids is 1. The van der Waals surface area contributed by atoms with Crippen molar-refractivity contribution in [2.75, 3.05) is 7.11 Å². The summed E-state index contributed by atoms with van der Waals surface area (Å²) in [7, 11) is 1.67. The second-order valence-electron chi connectivity index (χ2n) is 8.66. The van der Waals surface area contributed by atoms with Crippen molar-refractivity contribution in [1.82, 2.24) is 10.2 Å². The minimum absolute atomic E-state index is 0.0229. The van der Waals surface area contributed by atoms with Gasteiger partial charge in [0.1, 0.15) is 11.9 Å². The van der Waals surface area contributed by atoms with E-state index in [2.05, 4.69) is 54.9 Å². The number of carbonyl (C=O) groups is 1. The van der Waals surface area contributed by atoms with Crippen molar-refractivity contribution < 1.29 is 19.4 Å². The van der Waals surface area contributed by atoms with Crippen LogP contribution in [0.15, 0.2) is 36.4 Å². The molecule has 2 atom stereocenters. The molecule has 2 unspecified atom stereocenters. The van der Waals surface area contributed by atoms with Crippen LogP contribution in [0.2, 0.25) is 0 Å². The zero-order valence-electron chi connectivity index (χ0n) is 19.9. The van der Waals surface area contributed by atoms with Gasteiger partial charge in [-0.3, -0.25) is 9.89 Å². The summed E-state index contributed by atoms with van der Waals surface area (Å²) in [6.45, 7) is 8.64. The fourth-order valence-electron chi connectivity index (χ4n) is 4.10. The minimum atomic E-state index is -0.863. The second-order valence-corrected chi connectivity index (χ2v) is 8.66. The minimum Gasteiger partial charge on any atom is -0.486 e. The van der Waals surface area contributed by atoms with Gasteiger partial charge in [-0.2, -0.15) is 5.10 Å². The van der Waals surface area contributed by atoms with Crippen LogP contribution in [0.1, 0.15) is 68.0 Å². The van der Waals surface area contributed by atoms with Crippen LogP contribution in [0.3, 0.4) is 0 Å². The molecule has 2 N–H and O–H groups in total. The molecule has 0 aliphatic heterocycles. The number of H-pyrrole nitrogens is 1. The Balaban J connectivity index is 1.89. The van der Waals surface area contributed by atoms with Crippen molar-refractivity contribution >= 4 is 16.9 Å². The third kappa shape index (κ3) is 5.94. The molecule has 33 heavy (non-hydrogen) atoms. The number of aromatic nitrogens is 2. The maximum absolute atomic E-state index is 11.2. The number of carboxylic acid groups (broad SMARTS) is 1. The first kappa shape index (κ1) is 24.3. The molecule has 0 amide bonds. The number of fused-ring (bicyclic) bond motifs is 1. The number of aryl methyl sites for hydroxylation is 1. The summed E-state index contributed by atoms with van der Waals surface area (Å²) in [4.78, 5) is 11.2. The average molecular weight is 449 g/mol. The van der Waals surface area contributed by atoms with Gasteiger partial charge < -0.3 is 14.6 Å². The van der Waals surface area contributed by atoms with Crippen molar-refractivity contribution in [3.8, 4) is 17.6 Å². The van der Waals surface area contributed by atoms with Gasteiger partial charge in [-0.15, -0.1) is 5.92 Å². The lowest BCUT2D eigenvalue weighted by Crippen LogP contribution is -2.12. The number of rotatable bonds is 10. The van der Waals surface area contributed by atoms with Gasteiger partial charge in [-0.25, -0.2) is 0 Å². The molecule has 3 rings (SSSR count). The zero-order chi connectivity index (χ0) is 24.0. The van der Waals surface area contributed by atoms with E-state index in [0.717, 1.165) is 45.5 Å². The number of aromatic amines is 1. The lowest BCUT2D eigenvalue weighted by Gasteiger charge is -2.23. The summed E-state index contributed by atoms with van der Waals surface area (Å²) in [5.41, 5.74) is 4.97. The van der Waals surface area contributed by atoms with Crippen molar-refractivity contribution in [2.45, 2.75) is 59.2 Å². The van der Waals surface area contributed by atoms with E-state index in [-0.39, 0.29) is 18.4 Å². The van der Waals surface area contributed by atoms with Crippen LogP contribution in [-0.2, 0) is 16.1 Å². The number of nitrogens with zero attached hydrogens (tertiary/aromatic N) is 1. The Bertz CT molecular complexity index is 1150. The highest BCUT2D eigenvalue weighted by molar-refractivity contribution is 5.85. The molecule has 0 aliphatic carbocycles. The Labute approximate surface area is 195 Å². The summed E-state index contributed by atoms with van der Waals surface area (Å²) in [6.07, 6.45) is 0.699. The number of hydrogen-bond donors (Lipinski definition) is 2. The number of hydrogen-bond acceptors (Lipinski definition) is 4. The van der Waals surface area contributed by atoms with Crippen LogP contribution in [0.4, 0.5) is 0 Å². The molecule has 0 saturated carbocycles. The fourth-order valence-corrected chi connectivity index (χ4v) is 4.10. The molecule has 0 aliphatic rings. The summed E-state index contributed by atoms with van der Waals surface area (Å²) in [6, 6.07) is 11.8. The smallest absolute Gasteiger partial charge is 0.304 e. The van der Waals surface area contributed by atoms with Crippen molar-refractivity contribution in [1.29, 1.82) is 0 Å². The van der Waals surface area contributed by atoms with E-state index in [1.54, 1.807) is 14.0 Å². The SMILES string of the molecule is CC#CC(CC(=O)O)c1ccc(OC(CC(C)C)c2ccc3c(COC)[nH]nc3c2C)cc1. The third-order valence-electron chi connectivity index (χ3n) is 5.68. The molecule has 1 aromatic heterocycles. The number of nitrogens with one attached hydrogen (secondary N) is 1. The molecule has 0 bridgehead atoms. The molecule has 1 heterocycles. The Morgan fingerprint density at radius 3 is 2.52 bits per heavy atom. The van der Waals surface area contributed by atoms with E-state index in [9.17, 15) is 9.90 Å². The highest BCUT2D eigenvalue weighted by Crippen LogP contribution is 2.34. The van der Waals surface area contributed by atoms with E-state index in [1.165, 1.54) is 0 Å². The van der Waals surface area contributed by atoms with Crippen LogP contribution < -0.4 is 4.74 Å². The van der Waals surface area contributed by atoms with Gasteiger partial charge in [0.15, 0.2) is 0 Å². The Hall–Kier alpha value is -3.30. The largest absolute Gasteiger partial charge is 0.486 e. The first-order valence-corrected chi connectivity index (χ1v) is 11.2. The molecule has 0 saturated heterocycles. The van der Waals surface area contributed by atoms with E-state index in [0.29, 0.717) is 12.5 Å². The summed E-state index contributed by atoms with van der Waals surface area (Å²) >= 11 is 0. The standard InChI is InChI=1S/C27H32N2O4/c1-6-7-20(15-26(30)31)19-8-10-21(11-9-19)33-25(14-17(2)3)22-12-13-23-24(16-32-5)28-29-27(23)18(22)4/h8-13,17,20,25H,14-16H2,1-5H3,(H,28,29)(H,30,31). The van der Waals surface area contributed by atoms with Crippen molar-refractivity contribution in [3.05, 3.63) is 58.8 Å². The highest BCUT2D eigenvalue weighted by Gasteiger charge is 2.21. The molecular weight excluding hydrogens is 416 g/mol. The molecule has 2 aromatic carbocycles. The Morgan fingerprint density at radius 2 is 1.91 bits per heavy atom. The summed E-state index contributed by atoms with van der Waals surface area (Å²) in [5.74, 6) is 5.80. The van der Waals surface area contributed by atoms with Gasteiger partial charge in [-0.05, 0) is 55.0 Å². The summed E-state index contributed by atoms with van der Waals surface area (Å²) in [5, 5.41) is 17.8. The second kappa shape index (κ2) is 11.0. The van der Waals surface area contributed by atoms with E-state index >= 15 is 0 Å². The molecule has 0 radical (unpaired) electrons. The van der Waals surface area contributed by atoms with E-state index in [4.69, 9.17) is 9.47 Å². The number of methoxy groups -OCH3 is 1. The fraction of sp³-hybridized carbons (Fsp3) is 0.407. The van der Waals surface area contributed by atoms with Gasteiger partial charge in [0.25, 0.3) is 0 Å². The molecule has 6 nitrogen and oxygen atoms in total. The lowest BCUT2D eigenvalue weighted by molar-refractivity contribution is -0.137. The first-order chi connectivity index (χ1) is 15.8. The summed E-state index contributed by atoms with van der Waals surface area (Å²) < 4.78 is 11.7. The maximum atomic E-state index is 11.2. The molecule has 3 aromatic rings. The van der Waals surface area contributed by atoms with E-state index in [1.807, 2.05) is 24.3 Å². The quantitative estimate of drug-likeness (QED) is 0.385. The van der Waals surface area contributed by atoms with E-state index < -0.39 is 5.97 Å². The topological polar surface area (TPSA) is 84.4 Å². The number of benzene rings is 2. The monoisotopic (exact) mass is 448 g/mol. The van der Waals surface area contributed by atoms with Gasteiger partial charge >= 0.3 is 5.97 Å². The molecular formula is C27H32N2O4. The van der Waals surface area contributed by atoms with Crippen molar-refractivity contribution in [3.63, 3.8) is 0 Å². The number of aliphatic carboxylic acids is 1. The molecule has 0 fully saturated rings. The van der Waals surface area contributed by atoms with Crippen LogP contribution in [0.25, 0.3) is 10.9 Å². The number of ether oxygens (including phenoxy) is 2. The van der Waals surface area contributed by atoms with Gasteiger partial charge in [0.2, 0.25) is 0 Å². The first-order valence-electron chi connectivity index (χ1n) is 11.2. The highest BCUT2D eigenvalue weighted by atomic mass is 16.5. The molecule has 174 valence electrons. The zero-order valence-corrected chi connectivity index (χ0v) is 19.9. The average Bonchev–Trinajstić information content (AvgIpc) is 3.17.